The van der Waals surface area contributed by atoms with Gasteiger partial charge in [-0.1, -0.05) is 30.3 Å². The molecule has 2 unspecified atom stereocenters. The number of benzene rings is 2. The third-order valence-electron chi connectivity index (χ3n) is 15.2. The molecule has 4 fully saturated rings. The number of fused-ring (bicyclic) bond motifs is 2. The van der Waals surface area contributed by atoms with E-state index in [1.54, 1.807) is 6.07 Å². The van der Waals surface area contributed by atoms with Crippen LogP contribution >= 0.6 is 0 Å². The molecule has 3 saturated heterocycles. The second-order valence-electron chi connectivity index (χ2n) is 20.5. The molecule has 1 aliphatic carbocycles. The molecule has 0 amide bonds. The van der Waals surface area contributed by atoms with Crippen molar-refractivity contribution in [3.63, 3.8) is 0 Å². The quantitative estimate of drug-likeness (QED) is 0.0490. The molecule has 10 rings (SSSR count). The fourth-order valence-electron chi connectivity index (χ4n) is 11.3. The van der Waals surface area contributed by atoms with Crippen LogP contribution in [0.2, 0.25) is 0 Å². The summed E-state index contributed by atoms with van der Waals surface area (Å²) in [6.07, 6.45) is 13.3. The second-order valence-corrected chi connectivity index (χ2v) is 20.5. The van der Waals surface area contributed by atoms with E-state index in [-0.39, 0.29) is 30.3 Å². The molecule has 2 aromatic carbocycles. The highest BCUT2D eigenvalue weighted by atomic mass is 19.1. The van der Waals surface area contributed by atoms with Crippen molar-refractivity contribution in [1.82, 2.24) is 19.8 Å². The first kappa shape index (κ1) is 50.2. The van der Waals surface area contributed by atoms with Crippen molar-refractivity contribution >= 4 is 23.6 Å². The van der Waals surface area contributed by atoms with Gasteiger partial charge in [0.2, 0.25) is 0 Å². The largest absolute Gasteiger partial charge is 0.492 e. The highest BCUT2D eigenvalue weighted by Crippen LogP contribution is 2.40. The van der Waals surface area contributed by atoms with Crippen LogP contribution in [0.15, 0.2) is 60.7 Å². The predicted molar refractivity (Wildman–Crippen MR) is 270 cm³/mol. The number of unbranched alkanes of at least 4 members (excludes halogenated alkanes) is 2. The summed E-state index contributed by atoms with van der Waals surface area (Å²) in [5, 5.41) is 27.7. The van der Waals surface area contributed by atoms with Crippen LogP contribution in [-0.4, -0.2) is 126 Å². The number of likely N-dealkylation sites (tertiary alicyclic amines) is 2. The molecule has 4 N–H and O–H groups in total. The zero-order valence-corrected chi connectivity index (χ0v) is 41.4. The lowest BCUT2D eigenvalue weighted by atomic mass is 9.93. The van der Waals surface area contributed by atoms with E-state index in [2.05, 4.69) is 28.8 Å². The Bertz CT molecular complexity index is 2500. The molecule has 7 heterocycles. The van der Waals surface area contributed by atoms with E-state index in [1.807, 2.05) is 34.1 Å². The Hall–Kier alpha value is -5.39. The first-order valence-electron chi connectivity index (χ1n) is 26.7. The number of nitrogens with zero attached hydrogens (tertiary/aromatic N) is 4. The number of aryl methyl sites for hydroxylation is 2. The summed E-state index contributed by atoms with van der Waals surface area (Å²) in [7, 11) is 0. The number of hydrogen-bond donors (Lipinski definition) is 4. The molecule has 2 aromatic heterocycles. The Morgan fingerprint density at radius 1 is 0.708 bits per heavy atom. The van der Waals surface area contributed by atoms with Gasteiger partial charge in [0.05, 0.1) is 31.0 Å². The van der Waals surface area contributed by atoms with Crippen molar-refractivity contribution in [2.24, 2.45) is 0 Å². The molecular weight excluding hydrogens is 920 g/mol. The molecule has 0 bridgehead atoms. The van der Waals surface area contributed by atoms with Crippen LogP contribution in [0.5, 0.6) is 11.5 Å². The van der Waals surface area contributed by atoms with Gasteiger partial charge in [0, 0.05) is 99.2 Å². The normalized spacial score (nSPS) is 22.9. The Kier molecular flexibility index (Phi) is 16.5. The molecule has 16 heteroatoms. The average molecular weight is 991 g/mol. The van der Waals surface area contributed by atoms with Gasteiger partial charge < -0.3 is 44.5 Å². The molecule has 1 saturated carbocycles. The van der Waals surface area contributed by atoms with Gasteiger partial charge in [-0.15, -0.1) is 0 Å². The van der Waals surface area contributed by atoms with E-state index in [9.17, 15) is 24.2 Å². The molecule has 6 aliphatic rings. The number of carboxylic acids is 2. The number of para-hydroxylation sites is 1. The zero-order chi connectivity index (χ0) is 49.4. The van der Waals surface area contributed by atoms with Gasteiger partial charge in [0.15, 0.2) is 0 Å². The molecule has 6 atom stereocenters. The minimum atomic E-state index is -0.988. The van der Waals surface area contributed by atoms with E-state index >= 15 is 0 Å². The number of carboxylic acid groups (broad SMARTS) is 2. The van der Waals surface area contributed by atoms with Gasteiger partial charge in [-0.3, -0.25) is 19.4 Å². The SMILES string of the molecule is O=C(O)[C@@H](c1ccccc1OC1CC1)N1CC[C@@H](OCCCCc2cc(OCC3CCNc4nc(CCCCO[C@@H]5CCN([C@@H](C(=O)O)c6cc(F)ccc6C6CCCO6)C5)ccc43)c3c(n2)NCCC3)C1. The summed E-state index contributed by atoms with van der Waals surface area (Å²) in [5.74, 6) is 1.36. The van der Waals surface area contributed by atoms with Gasteiger partial charge in [-0.2, -0.15) is 0 Å². The predicted octanol–water partition coefficient (Wildman–Crippen LogP) is 8.82. The second kappa shape index (κ2) is 23.7. The van der Waals surface area contributed by atoms with Crippen molar-refractivity contribution in [3.8, 4) is 11.5 Å². The van der Waals surface area contributed by atoms with Gasteiger partial charge >= 0.3 is 11.9 Å². The molecule has 0 radical (unpaired) electrons. The summed E-state index contributed by atoms with van der Waals surface area (Å²) in [6, 6.07) is 16.8. The lowest BCUT2D eigenvalue weighted by Gasteiger charge is -2.28. The van der Waals surface area contributed by atoms with Gasteiger partial charge in [-0.05, 0) is 132 Å². The molecule has 386 valence electrons. The van der Waals surface area contributed by atoms with Crippen molar-refractivity contribution in [1.29, 1.82) is 0 Å². The zero-order valence-electron chi connectivity index (χ0n) is 41.4. The van der Waals surface area contributed by atoms with Crippen LogP contribution in [0.25, 0.3) is 0 Å². The summed E-state index contributed by atoms with van der Waals surface area (Å²) in [5.41, 5.74) is 6.33. The van der Waals surface area contributed by atoms with Crippen LogP contribution in [-0.2, 0) is 43.1 Å². The first-order chi connectivity index (χ1) is 35.2. The number of anilines is 2. The van der Waals surface area contributed by atoms with Gasteiger partial charge in [0.25, 0.3) is 0 Å². The molecule has 72 heavy (non-hydrogen) atoms. The maximum Gasteiger partial charge on any atom is 0.325 e. The maximum atomic E-state index is 14.5. The van der Waals surface area contributed by atoms with Crippen LogP contribution in [0.4, 0.5) is 16.0 Å². The summed E-state index contributed by atoms with van der Waals surface area (Å²) in [4.78, 5) is 39.2. The fourth-order valence-corrected chi connectivity index (χ4v) is 11.3. The fraction of sp³-hybridized carbons (Fsp3) is 0.571. The van der Waals surface area contributed by atoms with Crippen molar-refractivity contribution in [2.45, 2.75) is 139 Å². The Balaban J connectivity index is 0.664. The maximum absolute atomic E-state index is 14.5. The van der Waals surface area contributed by atoms with Gasteiger partial charge in [0.1, 0.15) is 41.0 Å². The molecule has 5 aliphatic heterocycles. The number of rotatable bonds is 24. The minimum Gasteiger partial charge on any atom is -0.492 e. The Morgan fingerprint density at radius 3 is 2.12 bits per heavy atom. The number of halogens is 1. The van der Waals surface area contributed by atoms with Crippen LogP contribution < -0.4 is 20.1 Å². The third-order valence-corrected chi connectivity index (χ3v) is 15.2. The smallest absolute Gasteiger partial charge is 0.325 e. The number of aromatic nitrogens is 2. The van der Waals surface area contributed by atoms with E-state index < -0.39 is 29.8 Å². The highest BCUT2D eigenvalue weighted by Gasteiger charge is 2.39. The first-order valence-corrected chi connectivity index (χ1v) is 26.7. The number of ether oxygens (including phenoxy) is 5. The van der Waals surface area contributed by atoms with E-state index in [0.29, 0.717) is 69.5 Å². The summed E-state index contributed by atoms with van der Waals surface area (Å²) in [6.45, 7) is 6.38. The lowest BCUT2D eigenvalue weighted by Crippen LogP contribution is -2.34. The van der Waals surface area contributed by atoms with Crippen LogP contribution in [0.3, 0.4) is 0 Å². The molecule has 15 nitrogen and oxygen atoms in total. The van der Waals surface area contributed by atoms with Crippen molar-refractivity contribution < 1.29 is 47.9 Å². The van der Waals surface area contributed by atoms with E-state index in [1.165, 1.54) is 17.7 Å². The summed E-state index contributed by atoms with van der Waals surface area (Å²) >= 11 is 0. The summed E-state index contributed by atoms with van der Waals surface area (Å²) < 4.78 is 45.7. The third kappa shape index (κ3) is 12.3. The monoisotopic (exact) mass is 991 g/mol. The lowest BCUT2D eigenvalue weighted by molar-refractivity contribution is -0.144. The number of hydrogen-bond acceptors (Lipinski definition) is 13. The molecular formula is C56H71FN6O9. The topological polar surface area (TPSA) is 177 Å². The number of aliphatic carboxylic acids is 2. The average Bonchev–Trinajstić information content (AvgIpc) is 3.69. The Morgan fingerprint density at radius 2 is 1.40 bits per heavy atom. The van der Waals surface area contributed by atoms with Crippen molar-refractivity contribution in [3.05, 3.63) is 106 Å². The molecule has 0 spiro atoms. The van der Waals surface area contributed by atoms with Crippen molar-refractivity contribution in [2.75, 3.05) is 76.3 Å². The number of nitrogens with one attached hydrogen (secondary N) is 2. The Labute approximate surface area is 422 Å². The minimum absolute atomic E-state index is 0.00978. The molecule has 4 aromatic rings. The number of carbonyl (C=O) groups is 2. The number of pyridine rings is 2. The van der Waals surface area contributed by atoms with Crippen LogP contribution in [0, 0.1) is 5.82 Å². The van der Waals surface area contributed by atoms with E-state index in [0.717, 1.165) is 149 Å². The van der Waals surface area contributed by atoms with Crippen LogP contribution in [0.1, 0.15) is 140 Å². The van der Waals surface area contributed by atoms with E-state index in [4.69, 9.17) is 33.7 Å². The highest BCUT2D eigenvalue weighted by molar-refractivity contribution is 5.77. The standard InChI is InChI=1S/C56H71FN6O9/c57-37-15-19-44(48-14-8-30-70-48)47(31-37)52(56(66)67)63-27-23-42(34-63)68-28-5-3-9-38-16-20-43-36(21-25-59-53(43)60-38)35-71-50-32-39(61-54-46(50)12-7-24-58-54)10-4-6-29-69-41-22-26-62(33-41)51(55(64)65)45-11-1-2-13-49(45)72-40-17-18-40/h1-2,11,13,15-16,19-20,31-32,36,40-42,48,51-52H,3-10,12,14,17-18,21-30,33-35H2,(H,58,61)(H,59,60)(H,64,65)(H,66,67)/t36?,41-,42-,48?,51-,52-/m1/s1. The van der Waals surface area contributed by atoms with Gasteiger partial charge in [-0.25, -0.2) is 14.4 Å².